The summed E-state index contributed by atoms with van der Waals surface area (Å²) in [5, 5.41) is 8.91. The summed E-state index contributed by atoms with van der Waals surface area (Å²) in [4.78, 5) is 26.7. The standard InChI is InChI=1S/C14H23N3O2/c1-4-16-9-10-17(13(19)12(16)18)8-6-5-7-14(2,3)11-15/h4-10H2,1-3H3. The van der Waals surface area contributed by atoms with Crippen molar-refractivity contribution in [3.05, 3.63) is 0 Å². The lowest BCUT2D eigenvalue weighted by Crippen LogP contribution is -2.54. The normalized spacial score (nSPS) is 16.7. The zero-order chi connectivity index (χ0) is 14.5. The van der Waals surface area contributed by atoms with E-state index in [1.54, 1.807) is 9.80 Å². The van der Waals surface area contributed by atoms with E-state index in [4.69, 9.17) is 5.26 Å². The van der Waals surface area contributed by atoms with Crippen LogP contribution in [0.25, 0.3) is 0 Å². The maximum absolute atomic E-state index is 11.8. The fraction of sp³-hybridized carbons (Fsp3) is 0.786. The van der Waals surface area contributed by atoms with Gasteiger partial charge in [-0.15, -0.1) is 0 Å². The molecular weight excluding hydrogens is 242 g/mol. The van der Waals surface area contributed by atoms with Gasteiger partial charge in [-0.05, 0) is 33.6 Å². The lowest BCUT2D eigenvalue weighted by atomic mass is 9.89. The number of hydrogen-bond donors (Lipinski definition) is 0. The third-order valence-corrected chi connectivity index (χ3v) is 3.56. The molecule has 0 unspecified atom stereocenters. The first-order valence-electron chi connectivity index (χ1n) is 6.90. The van der Waals surface area contributed by atoms with Gasteiger partial charge in [0, 0.05) is 26.2 Å². The van der Waals surface area contributed by atoms with Gasteiger partial charge in [-0.25, -0.2) is 0 Å². The van der Waals surface area contributed by atoms with Crippen LogP contribution in [0.2, 0.25) is 0 Å². The van der Waals surface area contributed by atoms with Gasteiger partial charge < -0.3 is 9.80 Å². The van der Waals surface area contributed by atoms with Crippen molar-refractivity contribution in [3.8, 4) is 6.07 Å². The van der Waals surface area contributed by atoms with Crippen LogP contribution in [0.15, 0.2) is 0 Å². The van der Waals surface area contributed by atoms with E-state index in [0.29, 0.717) is 26.2 Å². The summed E-state index contributed by atoms with van der Waals surface area (Å²) >= 11 is 0. The topological polar surface area (TPSA) is 64.4 Å². The SMILES string of the molecule is CCN1CCN(CCCCC(C)(C)C#N)C(=O)C1=O. The summed E-state index contributed by atoms with van der Waals surface area (Å²) in [7, 11) is 0. The summed E-state index contributed by atoms with van der Waals surface area (Å²) in [5.41, 5.74) is -0.305. The average molecular weight is 265 g/mol. The molecule has 1 aliphatic rings. The molecule has 0 aromatic heterocycles. The molecule has 0 saturated carbocycles. The zero-order valence-corrected chi connectivity index (χ0v) is 12.1. The van der Waals surface area contributed by atoms with Gasteiger partial charge >= 0.3 is 11.8 Å². The quantitative estimate of drug-likeness (QED) is 0.538. The minimum atomic E-state index is -0.383. The predicted molar refractivity (Wildman–Crippen MR) is 72.1 cm³/mol. The maximum Gasteiger partial charge on any atom is 0.312 e. The summed E-state index contributed by atoms with van der Waals surface area (Å²) < 4.78 is 0. The average Bonchev–Trinajstić information content (AvgIpc) is 2.39. The van der Waals surface area contributed by atoms with Crippen LogP contribution in [0.3, 0.4) is 0 Å². The van der Waals surface area contributed by atoms with Crippen LogP contribution >= 0.6 is 0 Å². The first-order valence-corrected chi connectivity index (χ1v) is 6.90. The lowest BCUT2D eigenvalue weighted by molar-refractivity contribution is -0.155. The molecule has 5 heteroatoms. The Morgan fingerprint density at radius 2 is 1.74 bits per heavy atom. The van der Waals surface area contributed by atoms with Gasteiger partial charge in [0.25, 0.3) is 0 Å². The Hall–Kier alpha value is -1.57. The van der Waals surface area contributed by atoms with Crippen LogP contribution in [0.5, 0.6) is 0 Å². The molecule has 106 valence electrons. The van der Waals surface area contributed by atoms with Crippen LogP contribution in [0, 0.1) is 16.7 Å². The number of rotatable bonds is 6. The molecule has 5 nitrogen and oxygen atoms in total. The molecule has 0 aromatic carbocycles. The van der Waals surface area contributed by atoms with Gasteiger partial charge in [0.05, 0.1) is 11.5 Å². The van der Waals surface area contributed by atoms with Gasteiger partial charge in [-0.1, -0.05) is 6.42 Å². The molecule has 19 heavy (non-hydrogen) atoms. The number of nitriles is 1. The monoisotopic (exact) mass is 265 g/mol. The van der Waals surface area contributed by atoms with Crippen LogP contribution in [-0.2, 0) is 9.59 Å². The van der Waals surface area contributed by atoms with E-state index in [9.17, 15) is 9.59 Å². The van der Waals surface area contributed by atoms with E-state index >= 15 is 0 Å². The maximum atomic E-state index is 11.8. The van der Waals surface area contributed by atoms with E-state index < -0.39 is 0 Å². The van der Waals surface area contributed by atoms with Gasteiger partial charge in [-0.2, -0.15) is 5.26 Å². The number of carbonyl (C=O) groups is 2. The van der Waals surface area contributed by atoms with Crippen molar-refractivity contribution < 1.29 is 9.59 Å². The molecule has 0 atom stereocenters. The van der Waals surface area contributed by atoms with E-state index in [0.717, 1.165) is 19.3 Å². The Morgan fingerprint density at radius 3 is 2.32 bits per heavy atom. The number of unbranched alkanes of at least 4 members (excludes halogenated alkanes) is 1. The van der Waals surface area contributed by atoms with E-state index in [1.807, 2.05) is 20.8 Å². The highest BCUT2D eigenvalue weighted by molar-refractivity contribution is 6.35. The number of carbonyl (C=O) groups excluding carboxylic acids is 2. The zero-order valence-electron chi connectivity index (χ0n) is 12.1. The third kappa shape index (κ3) is 4.23. The van der Waals surface area contributed by atoms with E-state index in [-0.39, 0.29) is 17.2 Å². The Kier molecular flexibility index (Phi) is 5.34. The number of amides is 2. The second-order valence-electron chi connectivity index (χ2n) is 5.63. The summed E-state index contributed by atoms with van der Waals surface area (Å²) in [6.45, 7) is 8.18. The Labute approximate surface area is 115 Å². The van der Waals surface area contributed by atoms with Crippen molar-refractivity contribution in [1.29, 1.82) is 5.26 Å². The number of likely N-dealkylation sites (N-methyl/N-ethyl adjacent to an activating group) is 1. The van der Waals surface area contributed by atoms with Crippen molar-refractivity contribution >= 4 is 11.8 Å². The van der Waals surface area contributed by atoms with E-state index in [1.165, 1.54) is 0 Å². The highest BCUT2D eigenvalue weighted by atomic mass is 16.2. The van der Waals surface area contributed by atoms with Crippen molar-refractivity contribution in [2.45, 2.75) is 40.0 Å². The van der Waals surface area contributed by atoms with Crippen LogP contribution in [-0.4, -0.2) is 47.8 Å². The number of piperazine rings is 1. The largest absolute Gasteiger partial charge is 0.333 e. The fourth-order valence-corrected chi connectivity index (χ4v) is 2.16. The second-order valence-corrected chi connectivity index (χ2v) is 5.63. The Bertz CT molecular complexity index is 385. The molecule has 0 radical (unpaired) electrons. The molecule has 0 aliphatic carbocycles. The van der Waals surface area contributed by atoms with Gasteiger partial charge in [0.2, 0.25) is 0 Å². The molecular formula is C14H23N3O2. The van der Waals surface area contributed by atoms with Crippen molar-refractivity contribution in [2.24, 2.45) is 5.41 Å². The second kappa shape index (κ2) is 6.55. The molecule has 0 aromatic rings. The molecule has 1 aliphatic heterocycles. The van der Waals surface area contributed by atoms with Crippen LogP contribution in [0.1, 0.15) is 40.0 Å². The minimum absolute atomic E-state index is 0.305. The highest BCUT2D eigenvalue weighted by Crippen LogP contribution is 2.21. The molecule has 2 amide bonds. The van der Waals surface area contributed by atoms with Gasteiger partial charge in [0.1, 0.15) is 0 Å². The molecule has 1 saturated heterocycles. The highest BCUT2D eigenvalue weighted by Gasteiger charge is 2.31. The summed E-state index contributed by atoms with van der Waals surface area (Å²) in [6.07, 6.45) is 2.56. The van der Waals surface area contributed by atoms with Crippen LogP contribution in [0.4, 0.5) is 0 Å². The first-order chi connectivity index (χ1) is 8.91. The van der Waals surface area contributed by atoms with E-state index in [2.05, 4.69) is 6.07 Å². The third-order valence-electron chi connectivity index (χ3n) is 3.56. The van der Waals surface area contributed by atoms with Crippen LogP contribution < -0.4 is 0 Å². The molecule has 0 N–H and O–H groups in total. The number of hydrogen-bond acceptors (Lipinski definition) is 3. The molecule has 1 heterocycles. The first kappa shape index (κ1) is 15.5. The predicted octanol–water partition coefficient (Wildman–Crippen LogP) is 1.40. The Morgan fingerprint density at radius 1 is 1.16 bits per heavy atom. The van der Waals surface area contributed by atoms with Gasteiger partial charge in [-0.3, -0.25) is 9.59 Å². The number of nitrogens with zero attached hydrogens (tertiary/aromatic N) is 3. The van der Waals surface area contributed by atoms with Gasteiger partial charge in [0.15, 0.2) is 0 Å². The summed E-state index contributed by atoms with van der Waals surface area (Å²) in [6, 6.07) is 2.27. The van der Waals surface area contributed by atoms with Crippen molar-refractivity contribution in [1.82, 2.24) is 9.80 Å². The Balaban J connectivity index is 2.34. The van der Waals surface area contributed by atoms with Crippen molar-refractivity contribution in [2.75, 3.05) is 26.2 Å². The smallest absolute Gasteiger partial charge is 0.312 e. The minimum Gasteiger partial charge on any atom is -0.333 e. The summed E-state index contributed by atoms with van der Waals surface area (Å²) in [5.74, 6) is -0.765. The fourth-order valence-electron chi connectivity index (χ4n) is 2.16. The molecule has 0 bridgehead atoms. The molecule has 0 spiro atoms. The van der Waals surface area contributed by atoms with Crippen molar-refractivity contribution in [3.63, 3.8) is 0 Å². The molecule has 1 fully saturated rings. The molecule has 1 rings (SSSR count). The lowest BCUT2D eigenvalue weighted by Gasteiger charge is -2.33.